The van der Waals surface area contributed by atoms with E-state index in [1.807, 2.05) is 0 Å². The van der Waals surface area contributed by atoms with Crippen LogP contribution >= 0.6 is 0 Å². The van der Waals surface area contributed by atoms with Gasteiger partial charge >= 0.3 is 11.7 Å². The molecule has 1 heterocycles. The van der Waals surface area contributed by atoms with E-state index >= 15 is 0 Å². The molecule has 1 atom stereocenters. The second-order valence-electron chi connectivity index (χ2n) is 3.72. The molecule has 0 amide bonds. The lowest BCUT2D eigenvalue weighted by atomic mass is 10.2. The Bertz CT molecular complexity index is 435. The molecule has 0 aliphatic carbocycles. The van der Waals surface area contributed by atoms with E-state index in [9.17, 15) is 14.9 Å². The molecule has 1 aromatic rings. The first-order valence-electron chi connectivity index (χ1n) is 4.96. The van der Waals surface area contributed by atoms with Crippen LogP contribution in [-0.2, 0) is 4.79 Å². The summed E-state index contributed by atoms with van der Waals surface area (Å²) in [5, 5.41) is 19.5. The summed E-state index contributed by atoms with van der Waals surface area (Å²) in [6, 6.07) is 2.81. The van der Waals surface area contributed by atoms with E-state index in [-0.39, 0.29) is 18.1 Å². The first kappa shape index (κ1) is 12.9. The average molecular weight is 239 g/mol. The molecule has 0 spiro atoms. The van der Waals surface area contributed by atoms with Crippen molar-refractivity contribution in [3.05, 3.63) is 28.4 Å². The number of nitrogens with zero attached hydrogens (tertiary/aromatic N) is 3. The number of rotatable bonds is 5. The van der Waals surface area contributed by atoms with Crippen LogP contribution in [0.15, 0.2) is 18.3 Å². The molecule has 7 heteroatoms. The van der Waals surface area contributed by atoms with Gasteiger partial charge in [-0.05, 0) is 6.07 Å². The fourth-order valence-corrected chi connectivity index (χ4v) is 1.40. The average Bonchev–Trinajstić information content (AvgIpc) is 2.28. The number of carboxylic acids is 1. The lowest BCUT2D eigenvalue weighted by Gasteiger charge is -2.19. The van der Waals surface area contributed by atoms with Gasteiger partial charge in [0.2, 0.25) is 5.82 Å². The molecule has 0 bridgehead atoms. The fraction of sp³-hybridized carbons (Fsp3) is 0.400. The van der Waals surface area contributed by atoms with Crippen molar-refractivity contribution in [1.29, 1.82) is 0 Å². The highest BCUT2D eigenvalue weighted by Gasteiger charge is 2.21. The minimum absolute atomic E-state index is 0.132. The van der Waals surface area contributed by atoms with Crippen LogP contribution in [0, 0.1) is 16.0 Å². The van der Waals surface area contributed by atoms with E-state index < -0.39 is 16.8 Å². The van der Waals surface area contributed by atoms with Crippen LogP contribution in [0.25, 0.3) is 0 Å². The molecule has 0 aliphatic heterocycles. The highest BCUT2D eigenvalue weighted by Crippen LogP contribution is 2.24. The molecule has 92 valence electrons. The third-order valence-corrected chi connectivity index (χ3v) is 2.29. The van der Waals surface area contributed by atoms with Crippen LogP contribution in [-0.4, -0.2) is 34.6 Å². The van der Waals surface area contributed by atoms with Gasteiger partial charge in [-0.15, -0.1) is 0 Å². The van der Waals surface area contributed by atoms with Gasteiger partial charge < -0.3 is 10.0 Å². The van der Waals surface area contributed by atoms with Crippen molar-refractivity contribution in [2.75, 3.05) is 18.5 Å². The minimum atomic E-state index is -0.949. The summed E-state index contributed by atoms with van der Waals surface area (Å²) in [7, 11) is 1.58. The van der Waals surface area contributed by atoms with Gasteiger partial charge in [-0.25, -0.2) is 4.98 Å². The molecule has 0 saturated carbocycles. The van der Waals surface area contributed by atoms with Crippen LogP contribution in [0.5, 0.6) is 0 Å². The van der Waals surface area contributed by atoms with Crippen LogP contribution in [0.2, 0.25) is 0 Å². The largest absolute Gasteiger partial charge is 0.481 e. The molecule has 1 N–H and O–H groups in total. The Hall–Kier alpha value is -2.18. The Kier molecular flexibility index (Phi) is 3.97. The van der Waals surface area contributed by atoms with Gasteiger partial charge in [-0.3, -0.25) is 14.9 Å². The molecular weight excluding hydrogens is 226 g/mol. The fourth-order valence-electron chi connectivity index (χ4n) is 1.40. The Balaban J connectivity index is 2.92. The molecule has 1 aromatic heterocycles. The topological polar surface area (TPSA) is 96.6 Å². The Morgan fingerprint density at radius 2 is 2.35 bits per heavy atom. The quantitative estimate of drug-likeness (QED) is 0.611. The number of carbonyl (C=O) groups is 1. The second-order valence-corrected chi connectivity index (χ2v) is 3.72. The predicted octanol–water partition coefficient (Wildman–Crippen LogP) is 1.15. The molecule has 17 heavy (non-hydrogen) atoms. The molecule has 0 saturated heterocycles. The highest BCUT2D eigenvalue weighted by atomic mass is 16.6. The number of carboxylic acid groups (broad SMARTS) is 1. The number of pyridine rings is 1. The molecule has 7 nitrogen and oxygen atoms in total. The lowest BCUT2D eigenvalue weighted by Crippen LogP contribution is -2.29. The van der Waals surface area contributed by atoms with Crippen molar-refractivity contribution in [3.63, 3.8) is 0 Å². The van der Waals surface area contributed by atoms with Crippen LogP contribution < -0.4 is 4.90 Å². The smallest absolute Gasteiger partial charge is 0.311 e. The van der Waals surface area contributed by atoms with Crippen molar-refractivity contribution in [2.45, 2.75) is 6.92 Å². The lowest BCUT2D eigenvalue weighted by molar-refractivity contribution is -0.384. The highest BCUT2D eigenvalue weighted by molar-refractivity contribution is 5.70. The number of hydrogen-bond donors (Lipinski definition) is 1. The van der Waals surface area contributed by atoms with Gasteiger partial charge in [0.1, 0.15) is 0 Å². The van der Waals surface area contributed by atoms with Crippen molar-refractivity contribution < 1.29 is 14.8 Å². The first-order valence-corrected chi connectivity index (χ1v) is 4.96. The minimum Gasteiger partial charge on any atom is -0.481 e. The van der Waals surface area contributed by atoms with Gasteiger partial charge in [0.05, 0.1) is 10.8 Å². The van der Waals surface area contributed by atoms with Gasteiger partial charge in [-0.2, -0.15) is 0 Å². The Morgan fingerprint density at radius 3 is 2.88 bits per heavy atom. The summed E-state index contributed by atoms with van der Waals surface area (Å²) in [4.78, 5) is 26.3. The van der Waals surface area contributed by atoms with Crippen LogP contribution in [0.4, 0.5) is 11.5 Å². The first-order chi connectivity index (χ1) is 7.93. The maximum atomic E-state index is 10.8. The van der Waals surface area contributed by atoms with Crippen LogP contribution in [0.1, 0.15) is 6.92 Å². The maximum Gasteiger partial charge on any atom is 0.311 e. The third kappa shape index (κ3) is 3.13. The van der Waals surface area contributed by atoms with Crippen LogP contribution in [0.3, 0.4) is 0 Å². The second kappa shape index (κ2) is 5.24. The van der Waals surface area contributed by atoms with E-state index in [0.717, 1.165) is 0 Å². The molecule has 0 fully saturated rings. The number of anilines is 1. The van der Waals surface area contributed by atoms with Gasteiger partial charge in [0, 0.05) is 25.9 Å². The van der Waals surface area contributed by atoms with Crippen molar-refractivity contribution in [3.8, 4) is 0 Å². The van der Waals surface area contributed by atoms with Crippen molar-refractivity contribution in [1.82, 2.24) is 4.98 Å². The van der Waals surface area contributed by atoms with Crippen molar-refractivity contribution in [2.24, 2.45) is 5.92 Å². The Labute approximate surface area is 97.8 Å². The summed E-state index contributed by atoms with van der Waals surface area (Å²) in [5.41, 5.74) is -0.132. The van der Waals surface area contributed by atoms with E-state index in [4.69, 9.17) is 5.11 Å². The third-order valence-electron chi connectivity index (χ3n) is 2.29. The Morgan fingerprint density at radius 1 is 1.71 bits per heavy atom. The number of aromatic nitrogens is 1. The van der Waals surface area contributed by atoms with Gasteiger partial charge in [-0.1, -0.05) is 6.92 Å². The summed E-state index contributed by atoms with van der Waals surface area (Å²) in [6.45, 7) is 1.70. The maximum absolute atomic E-state index is 10.8. The van der Waals surface area contributed by atoms with E-state index in [0.29, 0.717) is 0 Å². The van der Waals surface area contributed by atoms with E-state index in [1.165, 1.54) is 30.2 Å². The molecule has 0 aromatic carbocycles. The number of hydrogen-bond acceptors (Lipinski definition) is 5. The zero-order chi connectivity index (χ0) is 13.0. The normalized spacial score (nSPS) is 11.9. The molecule has 1 rings (SSSR count). The van der Waals surface area contributed by atoms with Gasteiger partial charge in [0.25, 0.3) is 0 Å². The molecule has 1 unspecified atom stereocenters. The summed E-state index contributed by atoms with van der Waals surface area (Å²) < 4.78 is 0. The number of aliphatic carboxylic acids is 1. The summed E-state index contributed by atoms with van der Waals surface area (Å²) in [6.07, 6.45) is 1.43. The number of nitro groups is 1. The molecular formula is C10H13N3O4. The van der Waals surface area contributed by atoms with Gasteiger partial charge in [0.15, 0.2) is 0 Å². The SMILES string of the molecule is CC(CN(C)c1ncccc1[N+](=O)[O-])C(=O)O. The zero-order valence-electron chi connectivity index (χ0n) is 9.53. The van der Waals surface area contributed by atoms with E-state index in [2.05, 4.69) is 4.98 Å². The molecule has 0 radical (unpaired) electrons. The van der Waals surface area contributed by atoms with Crippen molar-refractivity contribution >= 4 is 17.5 Å². The molecule has 0 aliphatic rings. The summed E-state index contributed by atoms with van der Waals surface area (Å²) in [5.74, 6) is -1.40. The predicted molar refractivity (Wildman–Crippen MR) is 61.0 cm³/mol. The zero-order valence-corrected chi connectivity index (χ0v) is 9.53. The van der Waals surface area contributed by atoms with E-state index in [1.54, 1.807) is 7.05 Å². The standard InChI is InChI=1S/C10H13N3O4/c1-7(10(14)15)6-12(2)9-8(13(16)17)4-3-5-11-9/h3-5,7H,6H2,1-2H3,(H,14,15). The monoisotopic (exact) mass is 239 g/mol. The summed E-state index contributed by atoms with van der Waals surface area (Å²) >= 11 is 0.